The molecule has 1 fully saturated rings. The standard InChI is InChI=1S/C21H22Cl2N2O4/c1-29-21(28)17-8-5-11-25(17)20(27)19(26)18(13-6-3-2-4-7-13)24-14-9-10-15(22)16(23)12-14/h2-4,6-7,9-10,12,17-19,24,26H,5,8,11H2,1H3/t17-,18-,19+/m0/s1. The predicted molar refractivity (Wildman–Crippen MR) is 112 cm³/mol. The highest BCUT2D eigenvalue weighted by molar-refractivity contribution is 6.42. The van der Waals surface area contributed by atoms with Crippen molar-refractivity contribution in [3.05, 3.63) is 64.1 Å². The summed E-state index contributed by atoms with van der Waals surface area (Å²) in [6.07, 6.45) is -0.229. The van der Waals surface area contributed by atoms with Gasteiger partial charge in [-0.2, -0.15) is 0 Å². The first-order chi connectivity index (χ1) is 13.9. The summed E-state index contributed by atoms with van der Waals surface area (Å²) in [7, 11) is 1.29. The number of ether oxygens (including phenoxy) is 1. The Kier molecular flexibility index (Phi) is 7.00. The van der Waals surface area contributed by atoms with Crippen molar-refractivity contribution in [3.63, 3.8) is 0 Å². The fourth-order valence-corrected chi connectivity index (χ4v) is 3.79. The van der Waals surface area contributed by atoms with Gasteiger partial charge in [-0.3, -0.25) is 4.79 Å². The second kappa shape index (κ2) is 9.48. The van der Waals surface area contributed by atoms with Gasteiger partial charge in [-0.1, -0.05) is 53.5 Å². The molecule has 0 saturated carbocycles. The SMILES string of the molecule is COC(=O)[C@@H]1CCCN1C(=O)[C@H](O)[C@@H](Nc1ccc(Cl)c(Cl)c1)c1ccccc1. The zero-order valence-corrected chi connectivity index (χ0v) is 17.4. The summed E-state index contributed by atoms with van der Waals surface area (Å²) in [4.78, 5) is 26.5. The Labute approximate surface area is 179 Å². The summed E-state index contributed by atoms with van der Waals surface area (Å²) in [5, 5.41) is 14.9. The third kappa shape index (κ3) is 4.83. The van der Waals surface area contributed by atoms with Crippen LogP contribution in [0.1, 0.15) is 24.4 Å². The van der Waals surface area contributed by atoms with Crippen LogP contribution in [0.4, 0.5) is 5.69 Å². The number of amides is 1. The van der Waals surface area contributed by atoms with E-state index in [1.165, 1.54) is 12.0 Å². The van der Waals surface area contributed by atoms with E-state index < -0.39 is 30.1 Å². The van der Waals surface area contributed by atoms with E-state index in [1.54, 1.807) is 18.2 Å². The van der Waals surface area contributed by atoms with E-state index in [4.69, 9.17) is 27.9 Å². The third-order valence-electron chi connectivity index (χ3n) is 4.98. The zero-order chi connectivity index (χ0) is 21.0. The summed E-state index contributed by atoms with van der Waals surface area (Å²) >= 11 is 12.1. The molecule has 1 aliphatic rings. The molecule has 0 radical (unpaired) electrons. The number of rotatable bonds is 6. The number of anilines is 1. The first-order valence-electron chi connectivity index (χ1n) is 9.25. The van der Waals surface area contributed by atoms with E-state index in [1.807, 2.05) is 30.3 Å². The molecule has 1 saturated heterocycles. The number of benzene rings is 2. The molecule has 1 amide bonds. The Hall–Kier alpha value is -2.28. The largest absolute Gasteiger partial charge is 0.467 e. The van der Waals surface area contributed by atoms with Crippen LogP contribution in [0, 0.1) is 0 Å². The number of methoxy groups -OCH3 is 1. The Bertz CT molecular complexity index is 878. The summed E-state index contributed by atoms with van der Waals surface area (Å²) < 4.78 is 4.80. The molecule has 1 aliphatic heterocycles. The minimum absolute atomic E-state index is 0.356. The van der Waals surface area contributed by atoms with E-state index in [9.17, 15) is 14.7 Å². The highest BCUT2D eigenvalue weighted by atomic mass is 35.5. The van der Waals surface area contributed by atoms with Crippen LogP contribution in [0.15, 0.2) is 48.5 Å². The average molecular weight is 437 g/mol. The number of carbonyl (C=O) groups is 2. The quantitative estimate of drug-likeness (QED) is 0.675. The minimum atomic E-state index is -1.42. The lowest BCUT2D eigenvalue weighted by atomic mass is 9.99. The molecule has 0 unspecified atom stereocenters. The molecule has 8 heteroatoms. The molecule has 154 valence electrons. The van der Waals surface area contributed by atoms with Gasteiger partial charge in [0.2, 0.25) is 0 Å². The maximum Gasteiger partial charge on any atom is 0.328 e. The first-order valence-corrected chi connectivity index (χ1v) is 10.0. The Balaban J connectivity index is 1.88. The van der Waals surface area contributed by atoms with Gasteiger partial charge in [0, 0.05) is 12.2 Å². The second-order valence-electron chi connectivity index (χ2n) is 6.82. The number of aliphatic hydroxyl groups excluding tert-OH is 1. The summed E-state index contributed by atoms with van der Waals surface area (Å²) in [5.74, 6) is -1.00. The minimum Gasteiger partial charge on any atom is -0.467 e. The molecule has 0 aliphatic carbocycles. The molecule has 2 N–H and O–H groups in total. The van der Waals surface area contributed by atoms with E-state index in [0.717, 1.165) is 0 Å². The van der Waals surface area contributed by atoms with E-state index in [-0.39, 0.29) is 0 Å². The number of likely N-dealkylation sites (tertiary alicyclic amines) is 1. The molecule has 6 nitrogen and oxygen atoms in total. The number of halogens is 2. The number of hydrogen-bond acceptors (Lipinski definition) is 5. The Morgan fingerprint density at radius 3 is 2.55 bits per heavy atom. The molecule has 2 aromatic rings. The van der Waals surface area contributed by atoms with Crippen molar-refractivity contribution in [1.82, 2.24) is 4.90 Å². The Morgan fingerprint density at radius 2 is 1.90 bits per heavy atom. The molecule has 0 aromatic heterocycles. The monoisotopic (exact) mass is 436 g/mol. The van der Waals surface area contributed by atoms with Gasteiger partial charge in [0.15, 0.2) is 6.10 Å². The van der Waals surface area contributed by atoms with Gasteiger partial charge in [-0.05, 0) is 36.6 Å². The molecular weight excluding hydrogens is 415 g/mol. The van der Waals surface area contributed by atoms with E-state index >= 15 is 0 Å². The fraction of sp³-hybridized carbons (Fsp3) is 0.333. The van der Waals surface area contributed by atoms with Crippen LogP contribution in [0.5, 0.6) is 0 Å². The maximum atomic E-state index is 13.1. The van der Waals surface area contributed by atoms with Crippen LogP contribution < -0.4 is 5.32 Å². The predicted octanol–water partition coefficient (Wildman–Crippen LogP) is 3.67. The van der Waals surface area contributed by atoms with E-state index in [2.05, 4.69) is 5.32 Å². The maximum absolute atomic E-state index is 13.1. The molecule has 3 rings (SSSR count). The van der Waals surface area contributed by atoms with Crippen molar-refractivity contribution in [2.24, 2.45) is 0 Å². The number of aliphatic hydroxyl groups is 1. The van der Waals surface area contributed by atoms with Crippen LogP contribution in [-0.2, 0) is 14.3 Å². The molecule has 1 heterocycles. The lowest BCUT2D eigenvalue weighted by Gasteiger charge is -2.30. The fourth-order valence-electron chi connectivity index (χ4n) is 3.49. The summed E-state index contributed by atoms with van der Waals surface area (Å²) in [5.41, 5.74) is 1.32. The first kappa shape index (κ1) is 21.4. The lowest BCUT2D eigenvalue weighted by Crippen LogP contribution is -2.48. The Morgan fingerprint density at radius 1 is 1.17 bits per heavy atom. The van der Waals surface area contributed by atoms with Crippen molar-refractivity contribution >= 4 is 40.8 Å². The number of esters is 1. The van der Waals surface area contributed by atoms with Gasteiger partial charge in [-0.25, -0.2) is 4.79 Å². The smallest absolute Gasteiger partial charge is 0.328 e. The topological polar surface area (TPSA) is 78.9 Å². The molecular formula is C21H22Cl2N2O4. The third-order valence-corrected chi connectivity index (χ3v) is 5.72. The van der Waals surface area contributed by atoms with Crippen molar-refractivity contribution in [2.75, 3.05) is 19.0 Å². The van der Waals surface area contributed by atoms with Gasteiger partial charge >= 0.3 is 5.97 Å². The van der Waals surface area contributed by atoms with Gasteiger partial charge in [-0.15, -0.1) is 0 Å². The molecule has 0 spiro atoms. The number of nitrogens with one attached hydrogen (secondary N) is 1. The van der Waals surface area contributed by atoms with Crippen LogP contribution in [-0.4, -0.2) is 47.7 Å². The van der Waals surface area contributed by atoms with Crippen molar-refractivity contribution in [1.29, 1.82) is 0 Å². The highest BCUT2D eigenvalue weighted by Gasteiger charge is 2.40. The normalized spacial score (nSPS) is 18.2. The summed E-state index contributed by atoms with van der Waals surface area (Å²) in [6.45, 7) is 0.393. The molecule has 2 aromatic carbocycles. The van der Waals surface area contributed by atoms with Crippen LogP contribution >= 0.6 is 23.2 Å². The zero-order valence-electron chi connectivity index (χ0n) is 15.8. The van der Waals surface area contributed by atoms with E-state index in [0.29, 0.717) is 40.7 Å². The second-order valence-corrected chi connectivity index (χ2v) is 7.63. The van der Waals surface area contributed by atoms with Crippen LogP contribution in [0.25, 0.3) is 0 Å². The average Bonchev–Trinajstić information content (AvgIpc) is 3.23. The molecule has 29 heavy (non-hydrogen) atoms. The molecule has 3 atom stereocenters. The van der Waals surface area contributed by atoms with Gasteiger partial charge in [0.1, 0.15) is 6.04 Å². The van der Waals surface area contributed by atoms with Crippen molar-refractivity contribution < 1.29 is 19.4 Å². The van der Waals surface area contributed by atoms with Crippen molar-refractivity contribution in [3.8, 4) is 0 Å². The highest BCUT2D eigenvalue weighted by Crippen LogP contribution is 2.30. The van der Waals surface area contributed by atoms with Crippen LogP contribution in [0.3, 0.4) is 0 Å². The van der Waals surface area contributed by atoms with Gasteiger partial charge in [0.25, 0.3) is 5.91 Å². The number of nitrogens with zero attached hydrogens (tertiary/aromatic N) is 1. The number of carbonyl (C=O) groups excluding carboxylic acids is 2. The van der Waals surface area contributed by atoms with Gasteiger partial charge in [0.05, 0.1) is 23.2 Å². The lowest BCUT2D eigenvalue weighted by molar-refractivity contribution is -0.154. The molecule has 0 bridgehead atoms. The van der Waals surface area contributed by atoms with Gasteiger partial charge < -0.3 is 20.1 Å². The number of hydrogen-bond donors (Lipinski definition) is 2. The van der Waals surface area contributed by atoms with Crippen LogP contribution in [0.2, 0.25) is 10.0 Å². The summed E-state index contributed by atoms with van der Waals surface area (Å²) in [6, 6.07) is 12.7. The van der Waals surface area contributed by atoms with Crippen molar-refractivity contribution in [2.45, 2.75) is 31.0 Å².